The largest absolute Gasteiger partial charge is 0.341 e. The van der Waals surface area contributed by atoms with Crippen molar-refractivity contribution < 1.29 is 0 Å². The number of thiazole rings is 1. The quantitative estimate of drug-likeness (QED) is 0.734. The Bertz CT molecular complexity index is 716. The Kier molecular flexibility index (Phi) is 3.40. The molecule has 0 saturated carbocycles. The van der Waals surface area contributed by atoms with Gasteiger partial charge in [0.1, 0.15) is 10.7 Å². The molecule has 3 aromatic rings. The van der Waals surface area contributed by atoms with Gasteiger partial charge in [-0.2, -0.15) is 0 Å². The predicted octanol–water partition coefficient (Wildman–Crippen LogP) is 3.93. The molecule has 0 radical (unpaired) electrons. The van der Waals surface area contributed by atoms with Gasteiger partial charge in [0.25, 0.3) is 0 Å². The summed E-state index contributed by atoms with van der Waals surface area (Å²) in [6.45, 7) is 2.10. The van der Waals surface area contributed by atoms with Gasteiger partial charge in [0.15, 0.2) is 0 Å². The van der Waals surface area contributed by atoms with E-state index in [1.807, 2.05) is 17.8 Å². The van der Waals surface area contributed by atoms with Crippen LogP contribution in [0.4, 0.5) is 5.95 Å². The van der Waals surface area contributed by atoms with Crippen molar-refractivity contribution in [3.8, 4) is 21.1 Å². The van der Waals surface area contributed by atoms with Crippen LogP contribution < -0.4 is 4.90 Å². The van der Waals surface area contributed by atoms with E-state index in [1.54, 1.807) is 22.7 Å². The maximum atomic E-state index is 4.82. The minimum Gasteiger partial charge on any atom is -0.341 e. The SMILES string of the molecule is c1csc(-c2cnc(N3CCCC3)nc2-c2nccs2)c1. The molecule has 4 nitrogen and oxygen atoms in total. The summed E-state index contributed by atoms with van der Waals surface area (Å²) >= 11 is 3.33. The smallest absolute Gasteiger partial charge is 0.225 e. The Labute approximate surface area is 131 Å². The van der Waals surface area contributed by atoms with Crippen molar-refractivity contribution >= 4 is 28.6 Å². The summed E-state index contributed by atoms with van der Waals surface area (Å²) < 4.78 is 0. The van der Waals surface area contributed by atoms with Crippen molar-refractivity contribution in [2.75, 3.05) is 18.0 Å². The van der Waals surface area contributed by atoms with Gasteiger partial charge in [0.05, 0.1) is 0 Å². The maximum Gasteiger partial charge on any atom is 0.225 e. The third-order valence-corrected chi connectivity index (χ3v) is 5.27. The molecule has 4 rings (SSSR count). The van der Waals surface area contributed by atoms with E-state index in [2.05, 4.69) is 32.4 Å². The van der Waals surface area contributed by atoms with Crippen LogP contribution in [0.3, 0.4) is 0 Å². The Morgan fingerprint density at radius 1 is 1.05 bits per heavy atom. The van der Waals surface area contributed by atoms with E-state index in [0.717, 1.165) is 35.3 Å². The number of aromatic nitrogens is 3. The molecule has 0 bridgehead atoms. The van der Waals surface area contributed by atoms with E-state index < -0.39 is 0 Å². The third kappa shape index (κ3) is 2.45. The number of rotatable bonds is 3. The van der Waals surface area contributed by atoms with Crippen LogP contribution in [0.5, 0.6) is 0 Å². The van der Waals surface area contributed by atoms with Crippen LogP contribution in [0.25, 0.3) is 21.1 Å². The summed E-state index contributed by atoms with van der Waals surface area (Å²) in [6.07, 6.45) is 6.23. The Hall–Kier alpha value is -1.79. The monoisotopic (exact) mass is 314 g/mol. The van der Waals surface area contributed by atoms with Gasteiger partial charge < -0.3 is 4.90 Å². The highest BCUT2D eigenvalue weighted by Crippen LogP contribution is 2.35. The van der Waals surface area contributed by atoms with Gasteiger partial charge in [0, 0.05) is 41.3 Å². The first-order chi connectivity index (χ1) is 10.4. The van der Waals surface area contributed by atoms with E-state index in [4.69, 9.17) is 4.98 Å². The average molecular weight is 314 g/mol. The zero-order valence-corrected chi connectivity index (χ0v) is 13.0. The standard InChI is InChI=1S/C15H14N4S2/c1-2-7-19(6-1)15-17-10-11(12-4-3-8-20-12)13(18-15)14-16-5-9-21-14/h3-5,8-10H,1-2,6-7H2. The van der Waals surface area contributed by atoms with E-state index in [-0.39, 0.29) is 0 Å². The highest BCUT2D eigenvalue weighted by molar-refractivity contribution is 7.14. The van der Waals surface area contributed by atoms with Gasteiger partial charge in [-0.3, -0.25) is 0 Å². The average Bonchev–Trinajstić information content (AvgIpc) is 3.28. The van der Waals surface area contributed by atoms with Crippen LogP contribution in [-0.2, 0) is 0 Å². The van der Waals surface area contributed by atoms with Crippen molar-refractivity contribution in [2.24, 2.45) is 0 Å². The number of hydrogen-bond donors (Lipinski definition) is 0. The molecule has 0 atom stereocenters. The number of thiophene rings is 1. The minimum atomic E-state index is 0.831. The molecule has 1 fully saturated rings. The van der Waals surface area contributed by atoms with Crippen LogP contribution in [0, 0.1) is 0 Å². The van der Waals surface area contributed by atoms with Crippen LogP contribution in [-0.4, -0.2) is 28.0 Å². The minimum absolute atomic E-state index is 0.831. The lowest BCUT2D eigenvalue weighted by Crippen LogP contribution is -2.20. The van der Waals surface area contributed by atoms with E-state index in [0.29, 0.717) is 0 Å². The number of nitrogens with zero attached hydrogens (tertiary/aromatic N) is 4. The molecule has 106 valence electrons. The van der Waals surface area contributed by atoms with Crippen LogP contribution >= 0.6 is 22.7 Å². The topological polar surface area (TPSA) is 41.9 Å². The third-order valence-electron chi connectivity index (χ3n) is 3.59. The molecule has 0 amide bonds. The summed E-state index contributed by atoms with van der Waals surface area (Å²) in [7, 11) is 0. The van der Waals surface area contributed by atoms with Gasteiger partial charge in [-0.05, 0) is 24.3 Å². The molecule has 0 aliphatic carbocycles. The van der Waals surface area contributed by atoms with Crippen LogP contribution in [0.1, 0.15) is 12.8 Å². The lowest BCUT2D eigenvalue weighted by Gasteiger charge is -2.16. The molecule has 0 spiro atoms. The van der Waals surface area contributed by atoms with Crippen molar-refractivity contribution in [3.63, 3.8) is 0 Å². The summed E-state index contributed by atoms with van der Waals surface area (Å²) in [5, 5.41) is 5.03. The Balaban J connectivity index is 1.84. The van der Waals surface area contributed by atoms with E-state index in [1.165, 1.54) is 17.7 Å². The zero-order chi connectivity index (χ0) is 14.1. The molecule has 6 heteroatoms. The molecular weight excluding hydrogens is 300 g/mol. The van der Waals surface area contributed by atoms with Crippen molar-refractivity contribution in [1.29, 1.82) is 0 Å². The van der Waals surface area contributed by atoms with Crippen molar-refractivity contribution in [2.45, 2.75) is 12.8 Å². The molecule has 4 heterocycles. The molecular formula is C15H14N4S2. The summed E-state index contributed by atoms with van der Waals surface area (Å²) in [4.78, 5) is 17.3. The van der Waals surface area contributed by atoms with Gasteiger partial charge in [-0.25, -0.2) is 15.0 Å². The second-order valence-corrected chi connectivity index (χ2v) is 6.78. The molecule has 0 aromatic carbocycles. The number of hydrogen-bond acceptors (Lipinski definition) is 6. The Morgan fingerprint density at radius 2 is 1.95 bits per heavy atom. The van der Waals surface area contributed by atoms with Crippen molar-refractivity contribution in [3.05, 3.63) is 35.3 Å². The van der Waals surface area contributed by atoms with Gasteiger partial charge >= 0.3 is 0 Å². The zero-order valence-electron chi connectivity index (χ0n) is 11.4. The molecule has 1 aliphatic heterocycles. The fourth-order valence-corrected chi connectivity index (χ4v) is 3.93. The van der Waals surface area contributed by atoms with Crippen LogP contribution in [0.15, 0.2) is 35.3 Å². The summed E-state index contributed by atoms with van der Waals surface area (Å²) in [5.41, 5.74) is 2.02. The first-order valence-electron chi connectivity index (χ1n) is 6.97. The molecule has 0 N–H and O–H groups in total. The van der Waals surface area contributed by atoms with E-state index in [9.17, 15) is 0 Å². The first-order valence-corrected chi connectivity index (χ1v) is 8.73. The molecule has 3 aromatic heterocycles. The van der Waals surface area contributed by atoms with E-state index >= 15 is 0 Å². The predicted molar refractivity (Wildman–Crippen MR) is 87.9 cm³/mol. The molecule has 1 aliphatic rings. The molecule has 21 heavy (non-hydrogen) atoms. The van der Waals surface area contributed by atoms with Gasteiger partial charge in [-0.15, -0.1) is 22.7 Å². The lowest BCUT2D eigenvalue weighted by molar-refractivity contribution is 0.900. The molecule has 0 unspecified atom stereocenters. The second kappa shape index (κ2) is 5.54. The fourth-order valence-electron chi connectivity index (χ4n) is 2.56. The van der Waals surface area contributed by atoms with Gasteiger partial charge in [-0.1, -0.05) is 6.07 Å². The molecule has 1 saturated heterocycles. The summed E-state index contributed by atoms with van der Waals surface area (Å²) in [5.74, 6) is 0.831. The van der Waals surface area contributed by atoms with Gasteiger partial charge in [0.2, 0.25) is 5.95 Å². The maximum absolute atomic E-state index is 4.82. The first kappa shape index (κ1) is 12.9. The van der Waals surface area contributed by atoms with Crippen LogP contribution in [0.2, 0.25) is 0 Å². The highest BCUT2D eigenvalue weighted by Gasteiger charge is 2.19. The normalized spacial score (nSPS) is 14.8. The highest BCUT2D eigenvalue weighted by atomic mass is 32.1. The fraction of sp³-hybridized carbons (Fsp3) is 0.267. The lowest BCUT2D eigenvalue weighted by atomic mass is 10.2. The van der Waals surface area contributed by atoms with Crippen molar-refractivity contribution in [1.82, 2.24) is 15.0 Å². The summed E-state index contributed by atoms with van der Waals surface area (Å²) in [6, 6.07) is 4.16. The second-order valence-electron chi connectivity index (χ2n) is 4.94. The number of anilines is 1. The Morgan fingerprint density at radius 3 is 2.67 bits per heavy atom.